The quantitative estimate of drug-likeness (QED) is 0.710. The van der Waals surface area contributed by atoms with E-state index in [2.05, 4.69) is 0 Å². The van der Waals surface area contributed by atoms with Gasteiger partial charge in [-0.3, -0.25) is 14.4 Å². The Balaban J connectivity index is 1.53. The summed E-state index contributed by atoms with van der Waals surface area (Å²) in [6, 6.07) is 3.30. The molecule has 7 nitrogen and oxygen atoms in total. The van der Waals surface area contributed by atoms with E-state index < -0.39 is 11.8 Å². The maximum atomic E-state index is 12.3. The van der Waals surface area contributed by atoms with Crippen LogP contribution in [0.15, 0.2) is 22.8 Å². The fraction of sp³-hybridized carbons (Fsp3) is 0.562. The van der Waals surface area contributed by atoms with E-state index in [9.17, 15) is 14.4 Å². The number of piperidine rings is 1. The van der Waals surface area contributed by atoms with Crippen LogP contribution in [0.3, 0.4) is 0 Å². The Hall–Kier alpha value is -2.31. The first-order valence-corrected chi connectivity index (χ1v) is 8.08. The topological polar surface area (TPSA) is 74.1 Å². The van der Waals surface area contributed by atoms with Crippen LogP contribution in [0.5, 0.6) is 0 Å². The van der Waals surface area contributed by atoms with Gasteiger partial charge in [0.2, 0.25) is 0 Å². The van der Waals surface area contributed by atoms with Crippen molar-refractivity contribution in [2.45, 2.75) is 19.3 Å². The van der Waals surface area contributed by atoms with E-state index in [1.807, 2.05) is 0 Å². The van der Waals surface area contributed by atoms with Gasteiger partial charge in [-0.2, -0.15) is 0 Å². The van der Waals surface area contributed by atoms with Gasteiger partial charge in [0.1, 0.15) is 0 Å². The molecule has 0 atom stereocenters. The minimum absolute atomic E-state index is 0.176. The zero-order valence-corrected chi connectivity index (χ0v) is 13.1. The third kappa shape index (κ3) is 3.38. The zero-order chi connectivity index (χ0) is 16.2. The van der Waals surface area contributed by atoms with Crippen LogP contribution in [0, 0.1) is 0 Å². The Morgan fingerprint density at radius 3 is 1.91 bits per heavy atom. The van der Waals surface area contributed by atoms with Crippen molar-refractivity contribution in [3.63, 3.8) is 0 Å². The molecule has 7 heteroatoms. The van der Waals surface area contributed by atoms with Crippen molar-refractivity contribution >= 4 is 17.7 Å². The number of likely N-dealkylation sites (tertiary alicyclic amines) is 1. The van der Waals surface area contributed by atoms with E-state index >= 15 is 0 Å². The van der Waals surface area contributed by atoms with Crippen molar-refractivity contribution in [2.24, 2.45) is 0 Å². The van der Waals surface area contributed by atoms with E-state index in [4.69, 9.17) is 4.42 Å². The van der Waals surface area contributed by atoms with Crippen molar-refractivity contribution in [2.75, 3.05) is 39.3 Å². The minimum Gasteiger partial charge on any atom is -0.459 e. The molecule has 2 aliphatic heterocycles. The molecule has 0 unspecified atom stereocenters. The number of furan rings is 1. The van der Waals surface area contributed by atoms with Crippen LogP contribution in [0.25, 0.3) is 0 Å². The molecule has 1 aromatic rings. The first-order chi connectivity index (χ1) is 11.2. The predicted octanol–water partition coefficient (Wildman–Crippen LogP) is 0.576. The van der Waals surface area contributed by atoms with Crippen LogP contribution in [0.2, 0.25) is 0 Å². The second kappa shape index (κ2) is 6.85. The summed E-state index contributed by atoms with van der Waals surface area (Å²) < 4.78 is 5.11. The lowest BCUT2D eigenvalue weighted by atomic mass is 10.1. The van der Waals surface area contributed by atoms with Crippen molar-refractivity contribution in [3.05, 3.63) is 24.2 Å². The van der Waals surface area contributed by atoms with Crippen LogP contribution in [-0.2, 0) is 9.59 Å². The maximum absolute atomic E-state index is 12.3. The summed E-state index contributed by atoms with van der Waals surface area (Å²) in [5, 5.41) is 0. The summed E-state index contributed by atoms with van der Waals surface area (Å²) in [5.41, 5.74) is 0. The maximum Gasteiger partial charge on any atom is 0.312 e. The van der Waals surface area contributed by atoms with Crippen molar-refractivity contribution in [3.8, 4) is 0 Å². The van der Waals surface area contributed by atoms with Gasteiger partial charge >= 0.3 is 11.8 Å². The van der Waals surface area contributed by atoms with Gasteiger partial charge in [-0.05, 0) is 31.4 Å². The lowest BCUT2D eigenvalue weighted by Crippen LogP contribution is -2.54. The largest absolute Gasteiger partial charge is 0.459 e. The molecule has 3 amide bonds. The monoisotopic (exact) mass is 319 g/mol. The number of carbonyl (C=O) groups excluding carboxylic acids is 3. The second-order valence-electron chi connectivity index (χ2n) is 5.91. The summed E-state index contributed by atoms with van der Waals surface area (Å²) in [7, 11) is 0. The minimum atomic E-state index is -0.447. The Bertz CT molecular complexity index is 570. The molecule has 0 saturated carbocycles. The zero-order valence-electron chi connectivity index (χ0n) is 13.1. The molecular weight excluding hydrogens is 298 g/mol. The molecular formula is C16H21N3O4. The average Bonchev–Trinajstić information content (AvgIpc) is 3.15. The average molecular weight is 319 g/mol. The Morgan fingerprint density at radius 1 is 0.783 bits per heavy atom. The third-order valence-corrected chi connectivity index (χ3v) is 4.41. The highest BCUT2D eigenvalue weighted by molar-refractivity contribution is 6.34. The van der Waals surface area contributed by atoms with Gasteiger partial charge in [0.25, 0.3) is 5.91 Å². The molecule has 3 heterocycles. The molecule has 23 heavy (non-hydrogen) atoms. The van der Waals surface area contributed by atoms with E-state index in [-0.39, 0.29) is 5.91 Å². The highest BCUT2D eigenvalue weighted by atomic mass is 16.3. The Kier molecular flexibility index (Phi) is 4.64. The fourth-order valence-corrected chi connectivity index (χ4v) is 3.04. The van der Waals surface area contributed by atoms with Crippen molar-refractivity contribution in [1.82, 2.24) is 14.7 Å². The van der Waals surface area contributed by atoms with Crippen LogP contribution in [0.4, 0.5) is 0 Å². The van der Waals surface area contributed by atoms with Crippen LogP contribution in [0.1, 0.15) is 29.8 Å². The molecule has 2 fully saturated rings. The Morgan fingerprint density at radius 2 is 1.35 bits per heavy atom. The summed E-state index contributed by atoms with van der Waals surface area (Å²) in [6.07, 6.45) is 4.50. The predicted molar refractivity (Wildman–Crippen MR) is 81.6 cm³/mol. The van der Waals surface area contributed by atoms with Gasteiger partial charge in [-0.15, -0.1) is 0 Å². The van der Waals surface area contributed by atoms with Gasteiger partial charge in [-0.25, -0.2) is 0 Å². The smallest absolute Gasteiger partial charge is 0.312 e. The summed E-state index contributed by atoms with van der Waals surface area (Å²) >= 11 is 0. The molecule has 3 rings (SSSR count). The number of rotatable bonds is 1. The number of hydrogen-bond acceptors (Lipinski definition) is 4. The van der Waals surface area contributed by atoms with Crippen molar-refractivity contribution < 1.29 is 18.8 Å². The summed E-state index contributed by atoms with van der Waals surface area (Å²) in [6.45, 7) is 2.93. The summed E-state index contributed by atoms with van der Waals surface area (Å²) in [4.78, 5) is 41.6. The fourth-order valence-electron chi connectivity index (χ4n) is 3.04. The standard InChI is InChI=1S/C16H21N3O4/c20-14(13-5-4-12-23-13)18-8-10-19(11-9-18)16(22)15(21)17-6-2-1-3-7-17/h4-5,12H,1-3,6-11H2. The van der Waals surface area contributed by atoms with Crippen molar-refractivity contribution in [1.29, 1.82) is 0 Å². The Labute approximate surface area is 134 Å². The van der Waals surface area contributed by atoms with Crippen LogP contribution in [-0.4, -0.2) is 71.7 Å². The number of piperazine rings is 1. The molecule has 0 aromatic carbocycles. The molecule has 0 spiro atoms. The molecule has 1 aromatic heterocycles. The van der Waals surface area contributed by atoms with E-state index in [0.717, 1.165) is 19.3 Å². The van der Waals surface area contributed by atoms with Crippen LogP contribution < -0.4 is 0 Å². The molecule has 2 aliphatic rings. The van der Waals surface area contributed by atoms with E-state index in [1.54, 1.807) is 26.8 Å². The number of nitrogens with zero attached hydrogens (tertiary/aromatic N) is 3. The van der Waals surface area contributed by atoms with Gasteiger partial charge in [0, 0.05) is 39.3 Å². The lowest BCUT2D eigenvalue weighted by Gasteiger charge is -2.35. The lowest BCUT2D eigenvalue weighted by molar-refractivity contribution is -0.153. The van der Waals surface area contributed by atoms with Gasteiger partial charge < -0.3 is 19.1 Å². The first-order valence-electron chi connectivity index (χ1n) is 8.08. The molecule has 124 valence electrons. The van der Waals surface area contributed by atoms with Crippen LogP contribution >= 0.6 is 0 Å². The van der Waals surface area contributed by atoms with Gasteiger partial charge in [0.15, 0.2) is 5.76 Å². The molecule has 2 saturated heterocycles. The number of amides is 3. The highest BCUT2D eigenvalue weighted by Crippen LogP contribution is 2.12. The normalized spacial score (nSPS) is 18.9. The van der Waals surface area contributed by atoms with E-state index in [1.165, 1.54) is 6.26 Å². The number of hydrogen-bond donors (Lipinski definition) is 0. The van der Waals surface area contributed by atoms with E-state index in [0.29, 0.717) is 45.0 Å². The third-order valence-electron chi connectivity index (χ3n) is 4.41. The second-order valence-corrected chi connectivity index (χ2v) is 5.91. The van der Waals surface area contributed by atoms with Gasteiger partial charge in [0.05, 0.1) is 6.26 Å². The summed E-state index contributed by atoms with van der Waals surface area (Å²) in [5.74, 6) is -0.730. The SMILES string of the molecule is O=C(C(=O)N1CCN(C(=O)c2ccco2)CC1)N1CCCCC1. The number of carbonyl (C=O) groups is 3. The molecule has 0 aliphatic carbocycles. The van der Waals surface area contributed by atoms with Gasteiger partial charge in [-0.1, -0.05) is 0 Å². The first kappa shape index (κ1) is 15.6. The molecule has 0 N–H and O–H groups in total. The molecule has 0 bridgehead atoms. The highest BCUT2D eigenvalue weighted by Gasteiger charge is 2.31. The molecule has 0 radical (unpaired) electrons.